The molecule has 100 valence electrons. The van der Waals surface area contributed by atoms with Crippen LogP contribution >= 0.6 is 0 Å². The van der Waals surface area contributed by atoms with E-state index in [1.165, 1.54) is 49.7 Å². The Morgan fingerprint density at radius 1 is 1.11 bits per heavy atom. The van der Waals surface area contributed by atoms with Crippen molar-refractivity contribution in [3.05, 3.63) is 35.4 Å². The van der Waals surface area contributed by atoms with E-state index in [2.05, 4.69) is 43.4 Å². The molecule has 0 spiro atoms. The lowest BCUT2D eigenvalue weighted by Crippen LogP contribution is -2.32. The maximum atomic E-state index is 3.74. The average molecular weight is 245 g/mol. The lowest BCUT2D eigenvalue weighted by atomic mass is 9.77. The molecule has 1 unspecified atom stereocenters. The van der Waals surface area contributed by atoms with Gasteiger partial charge in [0.25, 0.3) is 0 Å². The minimum absolute atomic E-state index is 0.592. The maximum absolute atomic E-state index is 3.74. The van der Waals surface area contributed by atoms with Crippen LogP contribution in [0.15, 0.2) is 24.3 Å². The summed E-state index contributed by atoms with van der Waals surface area (Å²) in [6, 6.07) is 9.91. The first-order chi connectivity index (χ1) is 8.85. The van der Waals surface area contributed by atoms with E-state index >= 15 is 0 Å². The quantitative estimate of drug-likeness (QED) is 0.747. The molecule has 1 atom stereocenters. The van der Waals surface area contributed by atoms with Crippen LogP contribution in [0.4, 0.5) is 0 Å². The van der Waals surface area contributed by atoms with Crippen molar-refractivity contribution in [2.45, 2.75) is 58.4 Å². The van der Waals surface area contributed by atoms with Crippen LogP contribution in [0.2, 0.25) is 0 Å². The summed E-state index contributed by atoms with van der Waals surface area (Å²) in [4.78, 5) is 0. The summed E-state index contributed by atoms with van der Waals surface area (Å²) < 4.78 is 0. The Labute approximate surface area is 112 Å². The third-order valence-corrected chi connectivity index (χ3v) is 4.11. The fraction of sp³-hybridized carbons (Fsp3) is 0.647. The van der Waals surface area contributed by atoms with E-state index in [0.29, 0.717) is 6.04 Å². The van der Waals surface area contributed by atoms with Gasteiger partial charge in [0.15, 0.2) is 0 Å². The molecule has 0 radical (unpaired) electrons. The molecule has 1 N–H and O–H groups in total. The van der Waals surface area contributed by atoms with Gasteiger partial charge in [-0.05, 0) is 49.3 Å². The third-order valence-electron chi connectivity index (χ3n) is 4.11. The normalized spacial score (nSPS) is 17.4. The van der Waals surface area contributed by atoms with Gasteiger partial charge in [-0.15, -0.1) is 0 Å². The molecule has 1 nitrogen and oxygen atoms in total. The highest BCUT2D eigenvalue weighted by molar-refractivity contribution is 5.26. The molecule has 18 heavy (non-hydrogen) atoms. The van der Waals surface area contributed by atoms with Crippen molar-refractivity contribution >= 4 is 0 Å². The minimum Gasteiger partial charge on any atom is -0.310 e. The fourth-order valence-electron chi connectivity index (χ4n) is 2.81. The molecule has 1 saturated carbocycles. The number of hydrogen-bond donors (Lipinski definition) is 1. The van der Waals surface area contributed by atoms with Crippen LogP contribution in [0, 0.1) is 5.92 Å². The Hall–Kier alpha value is -0.820. The molecule has 2 rings (SSSR count). The summed E-state index contributed by atoms with van der Waals surface area (Å²) in [5, 5.41) is 3.74. The third kappa shape index (κ3) is 3.35. The van der Waals surface area contributed by atoms with E-state index in [1.807, 2.05) is 0 Å². The highest BCUT2D eigenvalue weighted by Crippen LogP contribution is 2.37. The van der Waals surface area contributed by atoms with Crippen molar-refractivity contribution < 1.29 is 0 Å². The van der Waals surface area contributed by atoms with Crippen molar-refractivity contribution in [1.82, 2.24) is 5.32 Å². The summed E-state index contributed by atoms with van der Waals surface area (Å²) in [6.07, 6.45) is 7.88. The Kier molecular flexibility index (Phi) is 5.25. The van der Waals surface area contributed by atoms with E-state index < -0.39 is 0 Å². The maximum Gasteiger partial charge on any atom is 0.0348 e. The Morgan fingerprint density at radius 3 is 2.33 bits per heavy atom. The van der Waals surface area contributed by atoms with Crippen molar-refractivity contribution in [1.29, 1.82) is 0 Å². The van der Waals surface area contributed by atoms with Crippen LogP contribution in [0.25, 0.3) is 0 Å². The number of nitrogens with one attached hydrogen (secondary N) is 1. The molecule has 0 aliphatic heterocycles. The summed E-state index contributed by atoms with van der Waals surface area (Å²) in [7, 11) is 0. The zero-order chi connectivity index (χ0) is 12.8. The highest BCUT2D eigenvalue weighted by Gasteiger charge is 2.27. The number of hydrogen-bond acceptors (Lipinski definition) is 1. The van der Waals surface area contributed by atoms with Gasteiger partial charge in [0.2, 0.25) is 0 Å². The molecule has 1 heteroatoms. The summed E-state index contributed by atoms with van der Waals surface area (Å²) in [5.41, 5.74) is 2.97. The monoisotopic (exact) mass is 245 g/mol. The Bertz CT molecular complexity index is 337. The van der Waals surface area contributed by atoms with E-state index in [9.17, 15) is 0 Å². The number of rotatable bonds is 7. The smallest absolute Gasteiger partial charge is 0.0348 e. The minimum atomic E-state index is 0.592. The molecule has 0 aromatic heterocycles. The van der Waals surface area contributed by atoms with Crippen molar-refractivity contribution in [3.63, 3.8) is 0 Å². The van der Waals surface area contributed by atoms with Crippen LogP contribution in [0.3, 0.4) is 0 Å². The van der Waals surface area contributed by atoms with Gasteiger partial charge in [0.1, 0.15) is 0 Å². The van der Waals surface area contributed by atoms with E-state index in [0.717, 1.165) is 12.5 Å². The molecule has 0 bridgehead atoms. The molecule has 1 aliphatic carbocycles. The highest BCUT2D eigenvalue weighted by atomic mass is 14.9. The van der Waals surface area contributed by atoms with Gasteiger partial charge in [-0.25, -0.2) is 0 Å². The first kappa shape index (κ1) is 13.6. The van der Waals surface area contributed by atoms with Gasteiger partial charge in [-0.3, -0.25) is 0 Å². The molecule has 1 aliphatic rings. The van der Waals surface area contributed by atoms with Crippen LogP contribution < -0.4 is 5.32 Å². The predicted molar refractivity (Wildman–Crippen MR) is 78.8 cm³/mol. The fourth-order valence-corrected chi connectivity index (χ4v) is 2.81. The predicted octanol–water partition coefficient (Wildman–Crippen LogP) is 4.48. The SMILES string of the molecule is CCCNC(c1ccc(CCC)cc1)C1CCC1. The molecular formula is C17H27N. The molecule has 0 amide bonds. The number of aryl methyl sites for hydroxylation is 1. The van der Waals surface area contributed by atoms with E-state index in [4.69, 9.17) is 0 Å². The molecule has 0 heterocycles. The first-order valence-corrected chi connectivity index (χ1v) is 7.67. The Morgan fingerprint density at radius 2 is 1.83 bits per heavy atom. The van der Waals surface area contributed by atoms with Gasteiger partial charge in [0, 0.05) is 6.04 Å². The number of benzene rings is 1. The van der Waals surface area contributed by atoms with Gasteiger partial charge in [-0.2, -0.15) is 0 Å². The zero-order valence-corrected chi connectivity index (χ0v) is 11.9. The first-order valence-electron chi connectivity index (χ1n) is 7.67. The van der Waals surface area contributed by atoms with Crippen LogP contribution in [-0.4, -0.2) is 6.54 Å². The molecule has 1 aromatic rings. The van der Waals surface area contributed by atoms with Crippen LogP contribution in [0.1, 0.15) is 63.1 Å². The summed E-state index contributed by atoms with van der Waals surface area (Å²) >= 11 is 0. The van der Waals surface area contributed by atoms with Gasteiger partial charge in [0.05, 0.1) is 0 Å². The van der Waals surface area contributed by atoms with Crippen molar-refractivity contribution in [2.75, 3.05) is 6.54 Å². The standard InChI is InChI=1S/C17H27N/c1-3-6-14-9-11-16(12-10-14)17(18-13-4-2)15-7-5-8-15/h9-12,15,17-18H,3-8,13H2,1-2H3. The lowest BCUT2D eigenvalue weighted by Gasteiger charge is -2.35. The average Bonchev–Trinajstić information content (AvgIpc) is 2.33. The summed E-state index contributed by atoms with van der Waals surface area (Å²) in [6.45, 7) is 5.63. The van der Waals surface area contributed by atoms with Crippen LogP contribution in [-0.2, 0) is 6.42 Å². The summed E-state index contributed by atoms with van der Waals surface area (Å²) in [5.74, 6) is 0.869. The Balaban J connectivity index is 2.03. The molecule has 1 fully saturated rings. The van der Waals surface area contributed by atoms with Crippen LogP contribution in [0.5, 0.6) is 0 Å². The van der Waals surface area contributed by atoms with Crippen molar-refractivity contribution in [2.24, 2.45) is 5.92 Å². The largest absolute Gasteiger partial charge is 0.310 e. The second kappa shape index (κ2) is 6.94. The molecule has 1 aromatic carbocycles. The van der Waals surface area contributed by atoms with E-state index in [1.54, 1.807) is 0 Å². The second-order valence-electron chi connectivity index (χ2n) is 5.61. The topological polar surface area (TPSA) is 12.0 Å². The van der Waals surface area contributed by atoms with Gasteiger partial charge in [-0.1, -0.05) is 51.0 Å². The molecular weight excluding hydrogens is 218 g/mol. The lowest BCUT2D eigenvalue weighted by molar-refractivity contribution is 0.231. The zero-order valence-electron chi connectivity index (χ0n) is 11.9. The molecule has 0 saturated heterocycles. The second-order valence-corrected chi connectivity index (χ2v) is 5.61. The van der Waals surface area contributed by atoms with Crippen molar-refractivity contribution in [3.8, 4) is 0 Å². The van der Waals surface area contributed by atoms with E-state index in [-0.39, 0.29) is 0 Å². The van der Waals surface area contributed by atoms with Gasteiger partial charge >= 0.3 is 0 Å². The van der Waals surface area contributed by atoms with Gasteiger partial charge < -0.3 is 5.32 Å².